The molecule has 0 aromatic carbocycles. The van der Waals surface area contributed by atoms with E-state index in [0.717, 1.165) is 5.56 Å². The number of oxime groups is 1. The number of nitrogens with two attached hydrogens (primary N) is 1. The zero-order valence-corrected chi connectivity index (χ0v) is 11.5. The quantitative estimate of drug-likeness (QED) is 0.284. The van der Waals surface area contributed by atoms with Crippen LogP contribution < -0.4 is 10.5 Å². The van der Waals surface area contributed by atoms with Crippen LogP contribution in [0, 0.1) is 0 Å². The van der Waals surface area contributed by atoms with E-state index < -0.39 is 16.1 Å². The van der Waals surface area contributed by atoms with Crippen molar-refractivity contribution in [1.29, 1.82) is 0 Å². The normalized spacial score (nSPS) is 14.3. The van der Waals surface area contributed by atoms with Crippen molar-refractivity contribution < 1.29 is 13.6 Å². The fraction of sp³-hybridized carbons (Fsp3) is 0.455. The Kier molecular flexibility index (Phi) is 5.71. The molecule has 1 rings (SSSR count). The first kappa shape index (κ1) is 15.4. The lowest BCUT2D eigenvalue weighted by Crippen LogP contribution is -2.37. The van der Waals surface area contributed by atoms with E-state index in [1.54, 1.807) is 31.5 Å². The standard InChI is InChI=1S/C11H18N4O3S/c1-9(8-11(12)14-16)15-19(17,18)7-4-10-2-5-13-6-3-10/h2-3,5-6,9,15-16H,4,7-8H2,1H3,(H2,12,14). The predicted octanol–water partition coefficient (Wildman–Crippen LogP) is 0.0685. The molecule has 0 radical (unpaired) electrons. The van der Waals surface area contributed by atoms with Crippen LogP contribution in [0.15, 0.2) is 29.7 Å². The van der Waals surface area contributed by atoms with Crippen molar-refractivity contribution in [1.82, 2.24) is 9.71 Å². The Bertz CT molecular complexity index is 516. The van der Waals surface area contributed by atoms with Crippen LogP contribution >= 0.6 is 0 Å². The van der Waals surface area contributed by atoms with Gasteiger partial charge in [-0.05, 0) is 31.0 Å². The van der Waals surface area contributed by atoms with E-state index in [-0.39, 0.29) is 18.0 Å². The summed E-state index contributed by atoms with van der Waals surface area (Å²) in [5.41, 5.74) is 6.22. The van der Waals surface area contributed by atoms with Crippen molar-refractivity contribution >= 4 is 15.9 Å². The molecule has 19 heavy (non-hydrogen) atoms. The van der Waals surface area contributed by atoms with Gasteiger partial charge < -0.3 is 10.9 Å². The molecule has 1 atom stereocenters. The Balaban J connectivity index is 2.48. The number of hydrogen-bond acceptors (Lipinski definition) is 5. The van der Waals surface area contributed by atoms with E-state index in [9.17, 15) is 8.42 Å². The van der Waals surface area contributed by atoms with Gasteiger partial charge in [0.2, 0.25) is 10.0 Å². The molecule has 0 bridgehead atoms. The van der Waals surface area contributed by atoms with Gasteiger partial charge in [-0.1, -0.05) is 5.16 Å². The van der Waals surface area contributed by atoms with Crippen LogP contribution in [0.25, 0.3) is 0 Å². The van der Waals surface area contributed by atoms with E-state index >= 15 is 0 Å². The Labute approximate surface area is 112 Å². The third-order valence-corrected chi connectivity index (χ3v) is 3.94. The number of nitrogens with one attached hydrogen (secondary N) is 1. The fourth-order valence-corrected chi connectivity index (χ4v) is 2.88. The second kappa shape index (κ2) is 7.05. The highest BCUT2D eigenvalue weighted by atomic mass is 32.2. The number of nitrogens with zero attached hydrogens (tertiary/aromatic N) is 2. The summed E-state index contributed by atoms with van der Waals surface area (Å²) < 4.78 is 26.1. The highest BCUT2D eigenvalue weighted by Crippen LogP contribution is 2.01. The molecule has 0 fully saturated rings. The minimum absolute atomic E-state index is 0.00988. The number of sulfonamides is 1. The molecule has 0 spiro atoms. The number of rotatable bonds is 7. The second-order valence-corrected chi connectivity index (χ2v) is 6.11. The maximum atomic E-state index is 11.8. The molecular formula is C11H18N4O3S. The number of pyridine rings is 1. The summed E-state index contributed by atoms with van der Waals surface area (Å²) in [4.78, 5) is 3.86. The summed E-state index contributed by atoms with van der Waals surface area (Å²) in [6, 6.07) is 3.13. The van der Waals surface area contributed by atoms with Gasteiger partial charge in [0.25, 0.3) is 0 Å². The third kappa shape index (κ3) is 6.16. The first-order valence-electron chi connectivity index (χ1n) is 5.78. The molecule has 0 aliphatic carbocycles. The van der Waals surface area contributed by atoms with Gasteiger partial charge in [0.1, 0.15) is 5.84 Å². The highest BCUT2D eigenvalue weighted by Gasteiger charge is 2.15. The molecule has 1 heterocycles. The maximum Gasteiger partial charge on any atom is 0.212 e. The summed E-state index contributed by atoms with van der Waals surface area (Å²) in [5.74, 6) is -0.0262. The van der Waals surface area contributed by atoms with Crippen molar-refractivity contribution in [3.63, 3.8) is 0 Å². The number of aromatic nitrogens is 1. The SMILES string of the molecule is CC(CC(N)=NO)NS(=O)(=O)CCc1ccncc1. The monoisotopic (exact) mass is 286 g/mol. The molecule has 0 saturated carbocycles. The van der Waals surface area contributed by atoms with Crippen LogP contribution in [0.5, 0.6) is 0 Å². The molecule has 1 aromatic rings. The molecule has 0 aliphatic rings. The Morgan fingerprint density at radius 2 is 2.16 bits per heavy atom. The summed E-state index contributed by atoms with van der Waals surface area (Å²) in [5, 5.41) is 11.2. The molecule has 0 aliphatic heterocycles. The number of aryl methyl sites for hydroxylation is 1. The minimum Gasteiger partial charge on any atom is -0.409 e. The largest absolute Gasteiger partial charge is 0.409 e. The lowest BCUT2D eigenvalue weighted by atomic mass is 10.2. The molecule has 106 valence electrons. The summed E-state index contributed by atoms with van der Waals surface area (Å²) in [7, 11) is -3.40. The van der Waals surface area contributed by atoms with Crippen LogP contribution in [0.3, 0.4) is 0 Å². The maximum absolute atomic E-state index is 11.8. The van der Waals surface area contributed by atoms with E-state index in [0.29, 0.717) is 6.42 Å². The van der Waals surface area contributed by atoms with Crippen molar-refractivity contribution in [2.75, 3.05) is 5.75 Å². The van der Waals surface area contributed by atoms with E-state index in [1.807, 2.05) is 0 Å². The Morgan fingerprint density at radius 3 is 2.74 bits per heavy atom. The molecular weight excluding hydrogens is 268 g/mol. The molecule has 0 amide bonds. The molecule has 1 aromatic heterocycles. The van der Waals surface area contributed by atoms with Crippen molar-refractivity contribution in [3.8, 4) is 0 Å². The molecule has 0 saturated heterocycles. The van der Waals surface area contributed by atoms with E-state index in [2.05, 4.69) is 14.9 Å². The van der Waals surface area contributed by atoms with Crippen LogP contribution in [0.1, 0.15) is 18.9 Å². The Hall–Kier alpha value is -1.67. The van der Waals surface area contributed by atoms with Gasteiger partial charge in [-0.25, -0.2) is 13.1 Å². The van der Waals surface area contributed by atoms with E-state index in [4.69, 9.17) is 10.9 Å². The van der Waals surface area contributed by atoms with Gasteiger partial charge in [-0.2, -0.15) is 0 Å². The lowest BCUT2D eigenvalue weighted by molar-refractivity contribution is 0.316. The molecule has 8 heteroatoms. The van der Waals surface area contributed by atoms with Crippen LogP contribution in [0.4, 0.5) is 0 Å². The number of hydrogen-bond donors (Lipinski definition) is 3. The smallest absolute Gasteiger partial charge is 0.212 e. The zero-order valence-electron chi connectivity index (χ0n) is 10.7. The van der Waals surface area contributed by atoms with E-state index in [1.165, 1.54) is 0 Å². The van der Waals surface area contributed by atoms with Gasteiger partial charge in [0.15, 0.2) is 0 Å². The summed E-state index contributed by atoms with van der Waals surface area (Å²) in [6.45, 7) is 1.65. The predicted molar refractivity (Wildman–Crippen MR) is 72.4 cm³/mol. The fourth-order valence-electron chi connectivity index (χ4n) is 1.56. The Morgan fingerprint density at radius 1 is 1.53 bits per heavy atom. The van der Waals surface area contributed by atoms with Crippen LogP contribution in [0.2, 0.25) is 0 Å². The second-order valence-electron chi connectivity index (χ2n) is 4.24. The summed E-state index contributed by atoms with van der Waals surface area (Å²) >= 11 is 0. The van der Waals surface area contributed by atoms with Gasteiger partial charge in [0, 0.05) is 24.9 Å². The number of amidine groups is 1. The van der Waals surface area contributed by atoms with Crippen molar-refractivity contribution in [2.24, 2.45) is 10.9 Å². The van der Waals surface area contributed by atoms with Crippen LogP contribution in [-0.2, 0) is 16.4 Å². The van der Waals surface area contributed by atoms with Crippen molar-refractivity contribution in [3.05, 3.63) is 30.1 Å². The minimum atomic E-state index is -3.40. The van der Waals surface area contributed by atoms with Gasteiger partial charge in [-0.3, -0.25) is 4.98 Å². The van der Waals surface area contributed by atoms with Gasteiger partial charge in [0.05, 0.1) is 5.75 Å². The van der Waals surface area contributed by atoms with Gasteiger partial charge in [-0.15, -0.1) is 0 Å². The first-order valence-corrected chi connectivity index (χ1v) is 7.43. The van der Waals surface area contributed by atoms with Crippen LogP contribution in [-0.4, -0.2) is 36.2 Å². The third-order valence-electron chi connectivity index (χ3n) is 2.43. The zero-order chi connectivity index (χ0) is 14.3. The lowest BCUT2D eigenvalue weighted by Gasteiger charge is -2.13. The molecule has 1 unspecified atom stereocenters. The topological polar surface area (TPSA) is 118 Å². The molecule has 4 N–H and O–H groups in total. The summed E-state index contributed by atoms with van der Waals surface area (Å²) in [6.07, 6.45) is 3.81. The van der Waals surface area contributed by atoms with Crippen molar-refractivity contribution in [2.45, 2.75) is 25.8 Å². The molecule has 7 nitrogen and oxygen atoms in total. The first-order chi connectivity index (χ1) is 8.93. The van der Waals surface area contributed by atoms with Gasteiger partial charge >= 0.3 is 0 Å². The highest BCUT2D eigenvalue weighted by molar-refractivity contribution is 7.89. The average molecular weight is 286 g/mol. The average Bonchev–Trinajstić information content (AvgIpc) is 2.37.